The third-order valence-corrected chi connectivity index (χ3v) is 4.60. The fraction of sp³-hybridized carbons (Fsp3) is 0.667. The van der Waals surface area contributed by atoms with Crippen molar-refractivity contribution in [1.82, 2.24) is 10.1 Å². The number of oxime groups is 1. The fourth-order valence-corrected chi connectivity index (χ4v) is 1.98. The van der Waals surface area contributed by atoms with Crippen molar-refractivity contribution in [2.45, 2.75) is 58.8 Å². The lowest BCUT2D eigenvalue weighted by atomic mass is 10.1. The molecule has 2 aliphatic carbocycles. The van der Waals surface area contributed by atoms with E-state index in [1.165, 1.54) is 0 Å². The van der Waals surface area contributed by atoms with Crippen LogP contribution in [0.4, 0.5) is 0 Å². The van der Waals surface area contributed by atoms with Gasteiger partial charge in [0.1, 0.15) is 0 Å². The van der Waals surface area contributed by atoms with Gasteiger partial charge in [0, 0.05) is 5.41 Å². The quantitative estimate of drug-likeness (QED) is 0.239. The number of carbonyl (C=O) groups excluding carboxylic acids is 3. The van der Waals surface area contributed by atoms with Crippen LogP contribution in [-0.2, 0) is 29.3 Å². The van der Waals surface area contributed by atoms with Gasteiger partial charge in [-0.1, -0.05) is 12.1 Å². The Labute approximate surface area is 167 Å². The zero-order valence-electron chi connectivity index (χ0n) is 17.0. The SMILES string of the molecule is CCOC(=O)/C(N)=N/OC(=O)C1(C)CC1.CCOC(=O)c1noc(C2(C)CC2)n1. The molecule has 2 saturated carbocycles. The molecule has 29 heavy (non-hydrogen) atoms. The van der Waals surface area contributed by atoms with E-state index in [2.05, 4.69) is 24.9 Å². The van der Waals surface area contributed by atoms with E-state index < -0.39 is 29.2 Å². The standard InChI is InChI=1S/C9H14N2O4.C9H12N2O3/c1-3-14-7(12)6(10)11-15-8(13)9(2)4-5-9;1-3-13-7(12)6-10-8(14-11-6)9(2)4-5-9/h3-5H2,1-2H3,(H2,10,11);3-5H2,1-2H3. The summed E-state index contributed by atoms with van der Waals surface area (Å²) in [5.41, 5.74) is 4.77. The number of ether oxygens (including phenoxy) is 2. The molecule has 11 nitrogen and oxygen atoms in total. The summed E-state index contributed by atoms with van der Waals surface area (Å²) in [6, 6.07) is 0. The summed E-state index contributed by atoms with van der Waals surface area (Å²) in [4.78, 5) is 42.0. The first kappa shape index (κ1) is 22.3. The second-order valence-corrected chi connectivity index (χ2v) is 7.34. The molecule has 3 rings (SSSR count). The van der Waals surface area contributed by atoms with E-state index in [9.17, 15) is 14.4 Å². The number of esters is 2. The summed E-state index contributed by atoms with van der Waals surface area (Å²) < 4.78 is 14.3. The van der Waals surface area contributed by atoms with Crippen LogP contribution in [0, 0.1) is 5.41 Å². The van der Waals surface area contributed by atoms with Gasteiger partial charge in [-0.3, -0.25) is 0 Å². The van der Waals surface area contributed by atoms with Gasteiger partial charge in [0.05, 0.1) is 18.6 Å². The summed E-state index contributed by atoms with van der Waals surface area (Å²) in [7, 11) is 0. The van der Waals surface area contributed by atoms with Crippen molar-refractivity contribution in [3.8, 4) is 0 Å². The summed E-state index contributed by atoms with van der Waals surface area (Å²) >= 11 is 0. The summed E-state index contributed by atoms with van der Waals surface area (Å²) in [5, 5.41) is 6.80. The first-order valence-corrected chi connectivity index (χ1v) is 9.38. The van der Waals surface area contributed by atoms with Gasteiger partial charge in [-0.05, 0) is 51.6 Å². The van der Waals surface area contributed by atoms with E-state index in [1.54, 1.807) is 20.8 Å². The van der Waals surface area contributed by atoms with Gasteiger partial charge in [0.15, 0.2) is 0 Å². The Balaban J connectivity index is 0.000000207. The molecule has 0 spiro atoms. The summed E-state index contributed by atoms with van der Waals surface area (Å²) in [6.45, 7) is 7.70. The number of amidine groups is 1. The van der Waals surface area contributed by atoms with Crippen molar-refractivity contribution in [1.29, 1.82) is 0 Å². The highest BCUT2D eigenvalue weighted by Crippen LogP contribution is 2.46. The van der Waals surface area contributed by atoms with E-state index in [0.717, 1.165) is 25.7 Å². The van der Waals surface area contributed by atoms with Gasteiger partial charge in [0.25, 0.3) is 5.82 Å². The first-order chi connectivity index (χ1) is 13.6. The van der Waals surface area contributed by atoms with Crippen LogP contribution in [0.15, 0.2) is 9.68 Å². The van der Waals surface area contributed by atoms with Gasteiger partial charge in [0.2, 0.25) is 11.7 Å². The molecule has 11 heteroatoms. The lowest BCUT2D eigenvalue weighted by Gasteiger charge is -2.04. The van der Waals surface area contributed by atoms with Gasteiger partial charge >= 0.3 is 17.9 Å². The van der Waals surface area contributed by atoms with E-state index in [-0.39, 0.29) is 17.8 Å². The Morgan fingerprint density at radius 1 is 1.10 bits per heavy atom. The zero-order chi connectivity index (χ0) is 21.7. The number of hydrogen-bond donors (Lipinski definition) is 1. The van der Waals surface area contributed by atoms with Crippen molar-refractivity contribution in [2.75, 3.05) is 13.2 Å². The molecule has 1 heterocycles. The molecule has 0 aliphatic heterocycles. The van der Waals surface area contributed by atoms with Crippen LogP contribution in [0.3, 0.4) is 0 Å². The molecule has 2 N–H and O–H groups in total. The van der Waals surface area contributed by atoms with Crippen molar-refractivity contribution >= 4 is 23.7 Å². The molecule has 0 saturated heterocycles. The lowest BCUT2D eigenvalue weighted by molar-refractivity contribution is -0.149. The molecule has 0 radical (unpaired) electrons. The van der Waals surface area contributed by atoms with E-state index in [4.69, 9.17) is 15.0 Å². The van der Waals surface area contributed by atoms with Crippen LogP contribution in [0.1, 0.15) is 69.9 Å². The fourth-order valence-electron chi connectivity index (χ4n) is 1.98. The van der Waals surface area contributed by atoms with Crippen LogP contribution < -0.4 is 5.73 Å². The minimum absolute atomic E-state index is 0.00224. The number of rotatable bonds is 6. The molecular formula is C18H26N4O7. The van der Waals surface area contributed by atoms with Crippen molar-refractivity contribution in [3.05, 3.63) is 11.7 Å². The summed E-state index contributed by atoms with van der Waals surface area (Å²) in [6.07, 6.45) is 3.64. The lowest BCUT2D eigenvalue weighted by Crippen LogP contribution is -2.27. The van der Waals surface area contributed by atoms with Crippen molar-refractivity contribution in [3.63, 3.8) is 0 Å². The number of aromatic nitrogens is 2. The third kappa shape index (κ3) is 6.00. The highest BCUT2D eigenvalue weighted by molar-refractivity contribution is 6.34. The van der Waals surface area contributed by atoms with Gasteiger partial charge in [-0.25, -0.2) is 14.4 Å². The monoisotopic (exact) mass is 410 g/mol. The molecule has 0 bridgehead atoms. The van der Waals surface area contributed by atoms with Crippen LogP contribution >= 0.6 is 0 Å². The number of nitrogens with zero attached hydrogens (tertiary/aromatic N) is 3. The predicted octanol–water partition coefficient (Wildman–Crippen LogP) is 1.46. The topological polar surface area (TPSA) is 156 Å². The minimum atomic E-state index is -0.786. The molecule has 2 aliphatic rings. The number of carbonyl (C=O) groups is 3. The predicted molar refractivity (Wildman–Crippen MR) is 98.5 cm³/mol. The molecule has 0 amide bonds. The summed E-state index contributed by atoms with van der Waals surface area (Å²) in [5.74, 6) is -1.65. The Morgan fingerprint density at radius 3 is 2.24 bits per heavy atom. The number of nitrogens with two attached hydrogens (primary N) is 1. The van der Waals surface area contributed by atoms with Gasteiger partial charge in [-0.15, -0.1) is 0 Å². The highest BCUT2D eigenvalue weighted by atomic mass is 16.7. The molecule has 0 unspecified atom stereocenters. The van der Waals surface area contributed by atoms with Crippen molar-refractivity contribution < 1.29 is 33.2 Å². The number of hydrogen-bond acceptors (Lipinski definition) is 10. The molecule has 0 aromatic carbocycles. The smallest absolute Gasteiger partial charge is 0.379 e. The average Bonchev–Trinajstić information content (AvgIpc) is 3.56. The normalized spacial score (nSPS) is 18.0. The zero-order valence-corrected chi connectivity index (χ0v) is 17.0. The second kappa shape index (κ2) is 9.01. The van der Waals surface area contributed by atoms with Crippen LogP contribution in [-0.4, -0.2) is 47.1 Å². The maximum atomic E-state index is 11.3. The van der Waals surface area contributed by atoms with E-state index >= 15 is 0 Å². The van der Waals surface area contributed by atoms with Crippen LogP contribution in [0.5, 0.6) is 0 Å². The van der Waals surface area contributed by atoms with E-state index in [0.29, 0.717) is 12.5 Å². The Morgan fingerprint density at radius 2 is 1.72 bits per heavy atom. The van der Waals surface area contributed by atoms with Gasteiger partial charge in [-0.2, -0.15) is 4.98 Å². The van der Waals surface area contributed by atoms with Crippen molar-refractivity contribution in [2.24, 2.45) is 16.3 Å². The minimum Gasteiger partial charge on any atom is -0.460 e. The highest BCUT2D eigenvalue weighted by Gasteiger charge is 2.47. The second-order valence-electron chi connectivity index (χ2n) is 7.34. The molecule has 160 valence electrons. The van der Waals surface area contributed by atoms with Gasteiger partial charge < -0.3 is 24.6 Å². The molecule has 2 fully saturated rings. The average molecular weight is 410 g/mol. The van der Waals surface area contributed by atoms with Crippen LogP contribution in [0.25, 0.3) is 0 Å². The third-order valence-electron chi connectivity index (χ3n) is 4.60. The maximum absolute atomic E-state index is 11.3. The molecular weight excluding hydrogens is 384 g/mol. The molecule has 0 atom stereocenters. The Hall–Kier alpha value is -2.98. The Kier molecular flexibility index (Phi) is 6.93. The molecule has 1 aromatic heterocycles. The van der Waals surface area contributed by atoms with Crippen LogP contribution in [0.2, 0.25) is 0 Å². The Bertz CT molecular complexity index is 794. The largest absolute Gasteiger partial charge is 0.460 e. The van der Waals surface area contributed by atoms with E-state index in [1.807, 2.05) is 6.92 Å². The first-order valence-electron chi connectivity index (χ1n) is 9.38. The maximum Gasteiger partial charge on any atom is 0.379 e. The molecule has 1 aromatic rings.